The predicted molar refractivity (Wildman–Crippen MR) is 137 cm³/mol. The molecule has 196 valence electrons. The molecule has 0 aliphatic heterocycles. The topological polar surface area (TPSA) is 160 Å². The number of carbonyl (C=O) groups excluding carboxylic acids is 1. The summed E-state index contributed by atoms with van der Waals surface area (Å²) in [4.78, 5) is 35.2. The van der Waals surface area contributed by atoms with E-state index in [1.807, 2.05) is 6.07 Å². The maximum atomic E-state index is 12.6. The van der Waals surface area contributed by atoms with Crippen molar-refractivity contribution < 1.29 is 19.7 Å². The van der Waals surface area contributed by atoms with E-state index in [9.17, 15) is 15.0 Å². The van der Waals surface area contributed by atoms with Crippen LogP contribution in [0.3, 0.4) is 0 Å². The SMILES string of the molecule is CNC(=O)[C@@]12C[C@@H]1C(n1cnc3c(NCc4cc(OC)ccn4)nc(-c4cncc(Cl)c4)nc31)[C@H](O)[C@@H]2O. The molecule has 1 unspecified atom stereocenters. The first-order chi connectivity index (χ1) is 18.4. The normalized spacial score (nSPS) is 25.7. The minimum atomic E-state index is -1.20. The molecule has 4 aromatic heterocycles. The van der Waals surface area contributed by atoms with Gasteiger partial charge >= 0.3 is 0 Å². The Hall–Kier alpha value is -3.87. The second kappa shape index (κ2) is 9.15. The summed E-state index contributed by atoms with van der Waals surface area (Å²) in [6.07, 6.45) is 4.42. The molecule has 2 aliphatic rings. The number of aromatic nitrogens is 6. The second-order valence-electron chi connectivity index (χ2n) is 9.51. The molecule has 1 amide bonds. The van der Waals surface area contributed by atoms with Gasteiger partial charge in [0, 0.05) is 43.2 Å². The van der Waals surface area contributed by atoms with Crippen LogP contribution in [0.15, 0.2) is 43.1 Å². The average molecular weight is 537 g/mol. The number of fused-ring (bicyclic) bond motifs is 2. The lowest BCUT2D eigenvalue weighted by Crippen LogP contribution is -2.41. The van der Waals surface area contributed by atoms with E-state index in [1.165, 1.54) is 13.2 Å². The zero-order valence-corrected chi connectivity index (χ0v) is 21.3. The van der Waals surface area contributed by atoms with E-state index < -0.39 is 23.7 Å². The Labute approximate surface area is 222 Å². The Balaban J connectivity index is 1.43. The van der Waals surface area contributed by atoms with Crippen LogP contribution in [0.25, 0.3) is 22.6 Å². The van der Waals surface area contributed by atoms with Gasteiger partial charge in [-0.05, 0) is 18.6 Å². The van der Waals surface area contributed by atoms with E-state index in [4.69, 9.17) is 26.3 Å². The van der Waals surface area contributed by atoms with Crippen molar-refractivity contribution in [3.63, 3.8) is 0 Å². The number of amides is 1. The monoisotopic (exact) mass is 536 g/mol. The summed E-state index contributed by atoms with van der Waals surface area (Å²) < 4.78 is 7.02. The minimum absolute atomic E-state index is 0.270. The van der Waals surface area contributed by atoms with Crippen LogP contribution in [0.2, 0.25) is 5.02 Å². The van der Waals surface area contributed by atoms with E-state index in [-0.39, 0.29) is 11.8 Å². The van der Waals surface area contributed by atoms with Crippen LogP contribution in [-0.2, 0) is 11.3 Å². The highest BCUT2D eigenvalue weighted by Crippen LogP contribution is 2.67. The summed E-state index contributed by atoms with van der Waals surface area (Å²) in [5, 5.41) is 28.2. The summed E-state index contributed by atoms with van der Waals surface area (Å²) in [5.41, 5.74) is 1.19. The number of hydrogen-bond donors (Lipinski definition) is 4. The van der Waals surface area contributed by atoms with Crippen molar-refractivity contribution in [2.45, 2.75) is 31.2 Å². The van der Waals surface area contributed by atoms with Crippen molar-refractivity contribution in [3.05, 3.63) is 53.8 Å². The van der Waals surface area contributed by atoms with Gasteiger partial charge < -0.3 is 30.2 Å². The van der Waals surface area contributed by atoms with E-state index in [0.29, 0.717) is 52.1 Å². The molecule has 0 spiro atoms. The highest BCUT2D eigenvalue weighted by molar-refractivity contribution is 6.30. The van der Waals surface area contributed by atoms with Crippen molar-refractivity contribution in [3.8, 4) is 17.1 Å². The number of nitrogens with one attached hydrogen (secondary N) is 2. The van der Waals surface area contributed by atoms with Crippen LogP contribution >= 0.6 is 11.6 Å². The quantitative estimate of drug-likeness (QED) is 0.273. The molecule has 4 heterocycles. The Bertz CT molecular complexity index is 1550. The third-order valence-corrected chi connectivity index (χ3v) is 7.70. The molecule has 4 N–H and O–H groups in total. The predicted octanol–water partition coefficient (Wildman–Crippen LogP) is 1.59. The number of carbonyl (C=O) groups is 1. The standard InChI is InChI=1S/C25H25ClN8O4/c1-27-24(37)25-7-16(25)18(19(35)20(25)36)34-11-31-17-22(30-10-14-6-15(38-2)3-4-29-14)32-21(33-23(17)34)12-5-13(26)9-28-8-12/h3-6,8-9,11,16,18-20,35-36H,7,10H2,1-2H3,(H,27,37)(H,30,32,33)/t16-,18?,19+,20+,25+/m1/s1. The van der Waals surface area contributed by atoms with Crippen LogP contribution in [0.4, 0.5) is 5.82 Å². The highest BCUT2D eigenvalue weighted by Gasteiger charge is 2.75. The zero-order valence-electron chi connectivity index (χ0n) is 20.5. The van der Waals surface area contributed by atoms with Gasteiger partial charge in [-0.1, -0.05) is 11.6 Å². The first kappa shape index (κ1) is 24.5. The van der Waals surface area contributed by atoms with Crippen molar-refractivity contribution in [2.24, 2.45) is 11.3 Å². The fourth-order valence-electron chi connectivity index (χ4n) is 5.56. The van der Waals surface area contributed by atoms with Gasteiger partial charge in [-0.25, -0.2) is 15.0 Å². The number of pyridine rings is 2. The summed E-state index contributed by atoms with van der Waals surface area (Å²) >= 11 is 6.18. The van der Waals surface area contributed by atoms with Crippen molar-refractivity contribution >= 4 is 34.5 Å². The first-order valence-electron chi connectivity index (χ1n) is 12.0. The van der Waals surface area contributed by atoms with Crippen LogP contribution in [-0.4, -0.2) is 72.0 Å². The Morgan fingerprint density at radius 3 is 2.87 bits per heavy atom. The van der Waals surface area contributed by atoms with Gasteiger partial charge in [0.1, 0.15) is 17.4 Å². The lowest BCUT2D eigenvalue weighted by molar-refractivity contribution is -0.132. The Morgan fingerprint density at radius 2 is 2.11 bits per heavy atom. The van der Waals surface area contributed by atoms with E-state index in [0.717, 1.165) is 5.69 Å². The van der Waals surface area contributed by atoms with Crippen LogP contribution in [0.5, 0.6) is 5.75 Å². The number of rotatable bonds is 7. The minimum Gasteiger partial charge on any atom is -0.497 e. The molecule has 2 aliphatic carbocycles. The number of nitrogens with zero attached hydrogens (tertiary/aromatic N) is 6. The largest absolute Gasteiger partial charge is 0.497 e. The molecule has 2 fully saturated rings. The smallest absolute Gasteiger partial charge is 0.229 e. The average Bonchev–Trinajstić information content (AvgIpc) is 3.47. The van der Waals surface area contributed by atoms with Crippen molar-refractivity contribution in [2.75, 3.05) is 19.5 Å². The molecule has 0 radical (unpaired) electrons. The lowest BCUT2D eigenvalue weighted by Gasteiger charge is -2.23. The van der Waals surface area contributed by atoms with Crippen molar-refractivity contribution in [1.82, 2.24) is 34.8 Å². The maximum Gasteiger partial charge on any atom is 0.229 e. The molecule has 0 saturated heterocycles. The van der Waals surface area contributed by atoms with E-state index in [2.05, 4.69) is 25.6 Å². The molecule has 5 atom stereocenters. The zero-order chi connectivity index (χ0) is 26.6. The number of aliphatic hydroxyl groups is 2. The lowest BCUT2D eigenvalue weighted by atomic mass is 9.98. The molecule has 2 saturated carbocycles. The Kier molecular flexibility index (Phi) is 5.89. The highest BCUT2D eigenvalue weighted by atomic mass is 35.5. The number of anilines is 1. The third kappa shape index (κ3) is 3.75. The van der Waals surface area contributed by atoms with Gasteiger partial charge in [-0.2, -0.15) is 0 Å². The molecule has 0 bridgehead atoms. The summed E-state index contributed by atoms with van der Waals surface area (Å²) in [7, 11) is 3.12. The number of methoxy groups -OCH3 is 1. The second-order valence-corrected chi connectivity index (χ2v) is 9.94. The molecular formula is C25H25ClN8O4. The number of aliphatic hydroxyl groups excluding tert-OH is 2. The third-order valence-electron chi connectivity index (χ3n) is 7.49. The molecule has 12 nitrogen and oxygen atoms in total. The Morgan fingerprint density at radius 1 is 1.26 bits per heavy atom. The van der Waals surface area contributed by atoms with Gasteiger partial charge in [0.15, 0.2) is 17.3 Å². The fraction of sp³-hybridized carbons (Fsp3) is 0.360. The molecular weight excluding hydrogens is 512 g/mol. The summed E-state index contributed by atoms with van der Waals surface area (Å²) in [5.74, 6) is 0.909. The van der Waals surface area contributed by atoms with Gasteiger partial charge in [-0.3, -0.25) is 14.8 Å². The summed E-state index contributed by atoms with van der Waals surface area (Å²) in [6, 6.07) is 4.68. The number of ether oxygens (including phenoxy) is 1. The molecule has 13 heteroatoms. The van der Waals surface area contributed by atoms with Gasteiger partial charge in [0.25, 0.3) is 0 Å². The van der Waals surface area contributed by atoms with Gasteiger partial charge in [-0.15, -0.1) is 0 Å². The van der Waals surface area contributed by atoms with Crippen LogP contribution in [0.1, 0.15) is 18.2 Å². The van der Waals surface area contributed by atoms with Gasteiger partial charge in [0.2, 0.25) is 5.91 Å². The van der Waals surface area contributed by atoms with Crippen LogP contribution in [0, 0.1) is 11.3 Å². The van der Waals surface area contributed by atoms with E-state index in [1.54, 1.807) is 42.5 Å². The first-order valence-corrected chi connectivity index (χ1v) is 12.4. The molecule has 38 heavy (non-hydrogen) atoms. The van der Waals surface area contributed by atoms with Crippen molar-refractivity contribution in [1.29, 1.82) is 0 Å². The fourth-order valence-corrected chi connectivity index (χ4v) is 5.74. The maximum absolute atomic E-state index is 12.6. The van der Waals surface area contributed by atoms with Crippen LogP contribution < -0.4 is 15.4 Å². The molecule has 6 rings (SSSR count). The summed E-state index contributed by atoms with van der Waals surface area (Å²) in [6.45, 7) is 0.330. The number of imidazole rings is 1. The van der Waals surface area contributed by atoms with E-state index >= 15 is 0 Å². The molecule has 4 aromatic rings. The molecule has 0 aromatic carbocycles. The number of hydrogen-bond acceptors (Lipinski definition) is 10. The van der Waals surface area contributed by atoms with Gasteiger partial charge in [0.05, 0.1) is 48.3 Å². The number of halogens is 1.